The molecule has 0 saturated carbocycles. The molecule has 0 bridgehead atoms. The first-order chi connectivity index (χ1) is 15.6. The van der Waals surface area contributed by atoms with Gasteiger partial charge in [-0.3, -0.25) is 9.69 Å². The number of carbonyl (C=O) groups excluding carboxylic acids is 2. The lowest BCUT2D eigenvalue weighted by molar-refractivity contribution is -0.137. The summed E-state index contributed by atoms with van der Waals surface area (Å²) in [5, 5.41) is 2.82. The second kappa shape index (κ2) is 10.7. The van der Waals surface area contributed by atoms with Gasteiger partial charge in [-0.15, -0.1) is 0 Å². The van der Waals surface area contributed by atoms with Crippen molar-refractivity contribution in [2.24, 2.45) is 0 Å². The highest BCUT2D eigenvalue weighted by atomic mass is 19.4. The molecule has 2 aromatic rings. The monoisotopic (exact) mass is 463 g/mol. The van der Waals surface area contributed by atoms with Crippen molar-refractivity contribution in [2.75, 3.05) is 31.2 Å². The summed E-state index contributed by atoms with van der Waals surface area (Å²) in [6.45, 7) is 5.98. The zero-order valence-corrected chi connectivity index (χ0v) is 18.7. The van der Waals surface area contributed by atoms with E-state index in [1.165, 1.54) is 17.0 Å². The van der Waals surface area contributed by atoms with E-state index >= 15 is 0 Å². The van der Waals surface area contributed by atoms with E-state index in [0.717, 1.165) is 17.7 Å². The third-order valence-electron chi connectivity index (χ3n) is 5.25. The molecule has 1 saturated heterocycles. The quantitative estimate of drug-likeness (QED) is 0.698. The van der Waals surface area contributed by atoms with Crippen molar-refractivity contribution in [2.45, 2.75) is 39.0 Å². The maximum atomic E-state index is 12.9. The molecule has 33 heavy (non-hydrogen) atoms. The second-order valence-corrected chi connectivity index (χ2v) is 8.22. The van der Waals surface area contributed by atoms with Crippen LogP contribution in [0.2, 0.25) is 0 Å². The maximum Gasteiger partial charge on any atom is 0.416 e. The van der Waals surface area contributed by atoms with E-state index in [9.17, 15) is 22.8 Å². The predicted molar refractivity (Wildman–Crippen MR) is 119 cm³/mol. The van der Waals surface area contributed by atoms with E-state index in [2.05, 4.69) is 5.32 Å². The van der Waals surface area contributed by atoms with Crippen LogP contribution in [0.25, 0.3) is 0 Å². The van der Waals surface area contributed by atoms with Gasteiger partial charge in [0.2, 0.25) is 5.91 Å². The van der Waals surface area contributed by atoms with Crippen LogP contribution >= 0.6 is 0 Å². The Morgan fingerprint density at radius 1 is 1.00 bits per heavy atom. The minimum Gasteiger partial charge on any atom is -0.378 e. The van der Waals surface area contributed by atoms with E-state index in [-0.39, 0.29) is 30.9 Å². The van der Waals surface area contributed by atoms with Crippen LogP contribution in [0, 0.1) is 0 Å². The van der Waals surface area contributed by atoms with Crippen molar-refractivity contribution in [1.29, 1.82) is 0 Å². The summed E-state index contributed by atoms with van der Waals surface area (Å²) in [5.41, 5.74) is 1.22. The summed E-state index contributed by atoms with van der Waals surface area (Å²) in [6, 6.07) is 11.3. The summed E-state index contributed by atoms with van der Waals surface area (Å²) >= 11 is 0. The molecule has 3 rings (SSSR count). The number of nitrogens with one attached hydrogen (secondary N) is 1. The van der Waals surface area contributed by atoms with Crippen molar-refractivity contribution >= 4 is 17.6 Å². The molecule has 1 heterocycles. The zero-order chi connectivity index (χ0) is 24.0. The number of hydrogen-bond acceptors (Lipinski definition) is 3. The molecule has 0 atom stereocenters. The van der Waals surface area contributed by atoms with Gasteiger partial charge in [0, 0.05) is 24.8 Å². The van der Waals surface area contributed by atoms with Crippen LogP contribution in [-0.2, 0) is 28.7 Å². The fourth-order valence-electron chi connectivity index (χ4n) is 3.48. The van der Waals surface area contributed by atoms with Gasteiger partial charge < -0.3 is 15.0 Å². The lowest BCUT2D eigenvalue weighted by atomic mass is 10.1. The van der Waals surface area contributed by atoms with E-state index < -0.39 is 11.7 Å². The van der Waals surface area contributed by atoms with Gasteiger partial charge in [-0.1, -0.05) is 24.3 Å². The standard InChI is InChI=1S/C24H28F3N3O3/c1-17(2)28-23(32)30(16-19-3-7-20(8-4-19)24(25,26)27)21-9-5-18(6-10-21)15-22(31)29-11-13-33-14-12-29/h3-10,17H,11-16H2,1-2H3,(H,28,32). The number of carbonyl (C=O) groups is 2. The SMILES string of the molecule is CC(C)NC(=O)N(Cc1ccc(C(F)(F)F)cc1)c1ccc(CC(=O)N2CCOCC2)cc1. The van der Waals surface area contributed by atoms with Gasteiger partial charge in [0.1, 0.15) is 0 Å². The van der Waals surface area contributed by atoms with Crippen LogP contribution < -0.4 is 10.2 Å². The topological polar surface area (TPSA) is 61.9 Å². The molecule has 6 nitrogen and oxygen atoms in total. The van der Waals surface area contributed by atoms with Crippen LogP contribution in [0.15, 0.2) is 48.5 Å². The van der Waals surface area contributed by atoms with Gasteiger partial charge in [0.25, 0.3) is 0 Å². The first-order valence-electron chi connectivity index (χ1n) is 10.8. The molecule has 0 radical (unpaired) electrons. The molecule has 178 valence electrons. The Kier molecular flexibility index (Phi) is 7.97. The molecule has 2 aromatic carbocycles. The Morgan fingerprint density at radius 2 is 1.58 bits per heavy atom. The van der Waals surface area contributed by atoms with Gasteiger partial charge in [-0.2, -0.15) is 13.2 Å². The van der Waals surface area contributed by atoms with Gasteiger partial charge >= 0.3 is 12.2 Å². The number of alkyl halides is 3. The minimum atomic E-state index is -4.41. The Labute approximate surface area is 191 Å². The highest BCUT2D eigenvalue weighted by Gasteiger charge is 2.30. The number of rotatable bonds is 6. The molecule has 3 amide bonds. The van der Waals surface area contributed by atoms with E-state index in [0.29, 0.717) is 37.6 Å². The number of benzene rings is 2. The summed E-state index contributed by atoms with van der Waals surface area (Å²) < 4.78 is 43.8. The Hall–Kier alpha value is -3.07. The van der Waals surface area contributed by atoms with Crippen molar-refractivity contribution in [3.63, 3.8) is 0 Å². The molecular weight excluding hydrogens is 435 g/mol. The lowest BCUT2D eigenvalue weighted by Crippen LogP contribution is -2.42. The fraction of sp³-hybridized carbons (Fsp3) is 0.417. The van der Waals surface area contributed by atoms with Crippen molar-refractivity contribution < 1.29 is 27.5 Å². The van der Waals surface area contributed by atoms with Crippen molar-refractivity contribution in [3.05, 3.63) is 65.2 Å². The molecule has 0 aliphatic carbocycles. The largest absolute Gasteiger partial charge is 0.416 e. The molecule has 9 heteroatoms. The van der Waals surface area contributed by atoms with Gasteiger partial charge in [0.05, 0.1) is 31.7 Å². The number of morpholine rings is 1. The first kappa shape index (κ1) is 24.6. The Morgan fingerprint density at radius 3 is 2.12 bits per heavy atom. The van der Waals surface area contributed by atoms with Crippen LogP contribution in [0.4, 0.5) is 23.7 Å². The average molecular weight is 464 g/mol. The molecule has 1 fully saturated rings. The third kappa shape index (κ3) is 6.95. The number of nitrogens with zero attached hydrogens (tertiary/aromatic N) is 2. The third-order valence-corrected chi connectivity index (χ3v) is 5.25. The normalized spacial score (nSPS) is 14.3. The number of amides is 3. The van der Waals surface area contributed by atoms with Crippen molar-refractivity contribution in [1.82, 2.24) is 10.2 Å². The van der Waals surface area contributed by atoms with E-state index in [1.807, 2.05) is 13.8 Å². The number of ether oxygens (including phenoxy) is 1. The molecule has 1 aliphatic rings. The number of anilines is 1. The summed E-state index contributed by atoms with van der Waals surface area (Å²) in [6.07, 6.45) is -4.17. The average Bonchev–Trinajstić information content (AvgIpc) is 2.78. The number of urea groups is 1. The molecule has 0 unspecified atom stereocenters. The van der Waals surface area contributed by atoms with Crippen molar-refractivity contribution in [3.8, 4) is 0 Å². The van der Waals surface area contributed by atoms with Gasteiger partial charge in [-0.25, -0.2) is 4.79 Å². The highest BCUT2D eigenvalue weighted by Crippen LogP contribution is 2.29. The second-order valence-electron chi connectivity index (χ2n) is 8.22. The minimum absolute atomic E-state index is 0.0187. The Bertz CT molecular complexity index is 938. The predicted octanol–water partition coefficient (Wildman–Crippen LogP) is 4.23. The molecule has 0 aromatic heterocycles. The summed E-state index contributed by atoms with van der Waals surface area (Å²) in [4.78, 5) is 28.5. The molecule has 1 aliphatic heterocycles. The van der Waals surface area contributed by atoms with E-state index in [1.54, 1.807) is 29.2 Å². The van der Waals surface area contributed by atoms with Crippen LogP contribution in [0.1, 0.15) is 30.5 Å². The smallest absolute Gasteiger partial charge is 0.378 e. The molecular formula is C24H28F3N3O3. The number of halogens is 3. The van der Waals surface area contributed by atoms with Crippen LogP contribution in [0.3, 0.4) is 0 Å². The highest BCUT2D eigenvalue weighted by molar-refractivity contribution is 5.92. The molecule has 0 spiro atoms. The summed E-state index contributed by atoms with van der Waals surface area (Å²) in [5.74, 6) is 0.0187. The van der Waals surface area contributed by atoms with Crippen LogP contribution in [-0.4, -0.2) is 49.2 Å². The Balaban J connectivity index is 1.74. The molecule has 1 N–H and O–H groups in total. The maximum absolute atomic E-state index is 12.9. The van der Waals surface area contributed by atoms with Gasteiger partial charge in [-0.05, 0) is 49.2 Å². The lowest BCUT2D eigenvalue weighted by Gasteiger charge is -2.27. The van der Waals surface area contributed by atoms with Crippen LogP contribution in [0.5, 0.6) is 0 Å². The first-order valence-corrected chi connectivity index (χ1v) is 10.8. The number of hydrogen-bond donors (Lipinski definition) is 1. The fourth-order valence-corrected chi connectivity index (χ4v) is 3.48. The zero-order valence-electron chi connectivity index (χ0n) is 18.7. The van der Waals surface area contributed by atoms with Gasteiger partial charge in [0.15, 0.2) is 0 Å². The van der Waals surface area contributed by atoms with E-state index in [4.69, 9.17) is 4.74 Å². The summed E-state index contributed by atoms with van der Waals surface area (Å²) in [7, 11) is 0.